The van der Waals surface area contributed by atoms with Crippen LogP contribution < -0.4 is 10.1 Å². The van der Waals surface area contributed by atoms with Crippen molar-refractivity contribution in [3.63, 3.8) is 0 Å². The molecule has 3 rings (SSSR count). The molecule has 1 N–H and O–H groups in total. The largest absolute Gasteiger partial charge is 0.413 e. The monoisotopic (exact) mass is 351 g/mol. The van der Waals surface area contributed by atoms with Crippen LogP contribution in [0.25, 0.3) is 0 Å². The minimum Gasteiger partial charge on any atom is -0.410 e. The van der Waals surface area contributed by atoms with Gasteiger partial charge in [-0.3, -0.25) is 0 Å². The molecule has 3 nitrogen and oxygen atoms in total. The number of ether oxygens (including phenoxy) is 1. The van der Waals surface area contributed by atoms with Gasteiger partial charge in [-0.25, -0.2) is 4.79 Å². The maximum Gasteiger partial charge on any atom is 0.413 e. The van der Waals surface area contributed by atoms with E-state index in [1.807, 2.05) is 37.3 Å². The van der Waals surface area contributed by atoms with Crippen molar-refractivity contribution in [2.45, 2.75) is 58.4 Å². The molecule has 0 bridgehead atoms. The van der Waals surface area contributed by atoms with Crippen molar-refractivity contribution in [3.05, 3.63) is 65.2 Å². The lowest BCUT2D eigenvalue weighted by Crippen LogP contribution is -2.30. The van der Waals surface area contributed by atoms with Gasteiger partial charge in [0, 0.05) is 0 Å². The van der Waals surface area contributed by atoms with E-state index < -0.39 is 6.09 Å². The molecule has 0 spiro atoms. The molecule has 26 heavy (non-hydrogen) atoms. The van der Waals surface area contributed by atoms with E-state index in [0.717, 1.165) is 22.4 Å². The Balaban J connectivity index is 1.80. The van der Waals surface area contributed by atoms with Crippen LogP contribution in [0.1, 0.15) is 75.1 Å². The topological polar surface area (TPSA) is 38.3 Å². The summed E-state index contributed by atoms with van der Waals surface area (Å²) in [5, 5.41) is 2.96. The normalized spacial score (nSPS) is 16.2. The number of amides is 1. The summed E-state index contributed by atoms with van der Waals surface area (Å²) in [6, 6.07) is 16.1. The minimum atomic E-state index is -0.390. The first-order valence-electron chi connectivity index (χ1n) is 9.63. The van der Waals surface area contributed by atoms with Crippen molar-refractivity contribution in [2.75, 3.05) is 0 Å². The number of rotatable bonds is 6. The van der Waals surface area contributed by atoms with Crippen LogP contribution in [0.15, 0.2) is 48.5 Å². The number of hydrogen-bond donors (Lipinski definition) is 1. The van der Waals surface area contributed by atoms with Crippen molar-refractivity contribution in [2.24, 2.45) is 5.92 Å². The van der Waals surface area contributed by atoms with Crippen molar-refractivity contribution >= 4 is 6.09 Å². The lowest BCUT2D eigenvalue weighted by atomic mass is 9.90. The van der Waals surface area contributed by atoms with E-state index in [9.17, 15) is 4.79 Å². The number of nitrogens with one attached hydrogen (secondary N) is 1. The summed E-state index contributed by atoms with van der Waals surface area (Å²) >= 11 is 0. The number of hydrogen-bond acceptors (Lipinski definition) is 2. The molecule has 0 saturated heterocycles. The van der Waals surface area contributed by atoms with E-state index in [2.05, 4.69) is 44.3 Å². The van der Waals surface area contributed by atoms with Gasteiger partial charge in [0.25, 0.3) is 0 Å². The van der Waals surface area contributed by atoms with Crippen molar-refractivity contribution < 1.29 is 9.53 Å². The molecule has 0 aliphatic heterocycles. The summed E-state index contributed by atoms with van der Waals surface area (Å²) in [4.78, 5) is 12.6. The lowest BCUT2D eigenvalue weighted by molar-refractivity contribution is 0.195. The summed E-state index contributed by atoms with van der Waals surface area (Å²) in [7, 11) is 0. The summed E-state index contributed by atoms with van der Waals surface area (Å²) in [6.45, 7) is 8.49. The summed E-state index contributed by atoms with van der Waals surface area (Å²) in [6.07, 6.45) is 2.15. The first-order valence-corrected chi connectivity index (χ1v) is 9.63. The van der Waals surface area contributed by atoms with Crippen LogP contribution in [-0.2, 0) is 0 Å². The first-order chi connectivity index (χ1) is 12.5. The molecule has 2 unspecified atom stereocenters. The van der Waals surface area contributed by atoms with Gasteiger partial charge in [-0.1, -0.05) is 69.3 Å². The zero-order valence-electron chi connectivity index (χ0n) is 16.2. The first kappa shape index (κ1) is 18.5. The molecule has 3 heteroatoms. The van der Waals surface area contributed by atoms with Gasteiger partial charge in [0.15, 0.2) is 0 Å². The predicted octanol–water partition coefficient (Wildman–Crippen LogP) is 6.17. The average Bonchev–Trinajstić information content (AvgIpc) is 3.47. The molecular weight excluding hydrogens is 322 g/mol. The summed E-state index contributed by atoms with van der Waals surface area (Å²) < 4.78 is 5.88. The number of carbonyl (C=O) groups is 1. The third-order valence-corrected chi connectivity index (χ3v) is 5.35. The van der Waals surface area contributed by atoms with Crippen LogP contribution >= 0.6 is 0 Å². The van der Waals surface area contributed by atoms with Crippen molar-refractivity contribution in [3.8, 4) is 5.75 Å². The Morgan fingerprint density at radius 1 is 0.962 bits per heavy atom. The fourth-order valence-corrected chi connectivity index (χ4v) is 3.48. The molecule has 0 radical (unpaired) electrons. The molecule has 0 heterocycles. The van der Waals surface area contributed by atoms with Crippen LogP contribution in [0.4, 0.5) is 4.79 Å². The van der Waals surface area contributed by atoms with Crippen LogP contribution in [0.2, 0.25) is 0 Å². The molecule has 1 fully saturated rings. The molecule has 138 valence electrons. The predicted molar refractivity (Wildman–Crippen MR) is 106 cm³/mol. The van der Waals surface area contributed by atoms with E-state index >= 15 is 0 Å². The summed E-state index contributed by atoms with van der Waals surface area (Å²) in [5.41, 5.74) is 3.31. The SMILES string of the molecule is CC(C)c1cccc(C(C)C2CC2)c1OC(=O)NC(C)c1ccccc1. The van der Waals surface area contributed by atoms with Gasteiger partial charge < -0.3 is 10.1 Å². The standard InChI is InChI=1S/C23H29NO2/c1-15(2)20-11-8-12-21(16(3)18-13-14-18)22(20)26-23(25)24-17(4)19-9-6-5-7-10-19/h5-12,15-18H,13-14H2,1-4H3,(H,24,25). The Morgan fingerprint density at radius 3 is 2.23 bits per heavy atom. The quantitative estimate of drug-likeness (QED) is 0.675. The second-order valence-corrected chi connectivity index (χ2v) is 7.71. The highest BCUT2D eigenvalue weighted by molar-refractivity contribution is 5.72. The van der Waals surface area contributed by atoms with E-state index in [0.29, 0.717) is 17.8 Å². The van der Waals surface area contributed by atoms with E-state index in [1.54, 1.807) is 0 Å². The van der Waals surface area contributed by atoms with E-state index in [-0.39, 0.29) is 6.04 Å². The van der Waals surface area contributed by atoms with Gasteiger partial charge in [0.1, 0.15) is 5.75 Å². The van der Waals surface area contributed by atoms with Gasteiger partial charge in [0.2, 0.25) is 0 Å². The maximum atomic E-state index is 12.6. The smallest absolute Gasteiger partial charge is 0.410 e. The fourth-order valence-electron chi connectivity index (χ4n) is 3.48. The van der Waals surface area contributed by atoms with Crippen molar-refractivity contribution in [1.82, 2.24) is 5.32 Å². The number of para-hydroxylation sites is 1. The third kappa shape index (κ3) is 4.27. The highest BCUT2D eigenvalue weighted by Crippen LogP contribution is 2.46. The number of benzene rings is 2. The van der Waals surface area contributed by atoms with Crippen LogP contribution in [-0.4, -0.2) is 6.09 Å². The lowest BCUT2D eigenvalue weighted by Gasteiger charge is -2.22. The average molecular weight is 351 g/mol. The molecular formula is C23H29NO2. The zero-order chi connectivity index (χ0) is 18.7. The molecule has 1 aliphatic rings. The van der Waals surface area contributed by atoms with Gasteiger partial charge in [0.05, 0.1) is 6.04 Å². The van der Waals surface area contributed by atoms with Crippen molar-refractivity contribution in [1.29, 1.82) is 0 Å². The molecule has 2 aromatic carbocycles. The van der Waals surface area contributed by atoms with Gasteiger partial charge in [-0.15, -0.1) is 0 Å². The van der Waals surface area contributed by atoms with E-state index in [4.69, 9.17) is 4.74 Å². The Hall–Kier alpha value is -2.29. The summed E-state index contributed by atoms with van der Waals surface area (Å²) in [5.74, 6) is 2.18. The second kappa shape index (κ2) is 7.94. The molecule has 2 aromatic rings. The van der Waals surface area contributed by atoms with Gasteiger partial charge in [-0.2, -0.15) is 0 Å². The Kier molecular flexibility index (Phi) is 5.65. The number of carbonyl (C=O) groups excluding carboxylic acids is 1. The third-order valence-electron chi connectivity index (χ3n) is 5.35. The second-order valence-electron chi connectivity index (χ2n) is 7.71. The zero-order valence-corrected chi connectivity index (χ0v) is 16.2. The van der Waals surface area contributed by atoms with Crippen LogP contribution in [0, 0.1) is 5.92 Å². The molecule has 1 saturated carbocycles. The Labute approximate surface area is 156 Å². The highest BCUT2D eigenvalue weighted by Gasteiger charge is 2.32. The maximum absolute atomic E-state index is 12.6. The highest BCUT2D eigenvalue weighted by atomic mass is 16.6. The molecule has 0 aromatic heterocycles. The van der Waals surface area contributed by atoms with Gasteiger partial charge >= 0.3 is 6.09 Å². The molecule has 1 aliphatic carbocycles. The van der Waals surface area contributed by atoms with Crippen LogP contribution in [0.3, 0.4) is 0 Å². The van der Waals surface area contributed by atoms with E-state index in [1.165, 1.54) is 12.8 Å². The minimum absolute atomic E-state index is 0.0979. The van der Waals surface area contributed by atoms with Gasteiger partial charge in [-0.05, 0) is 54.2 Å². The Bertz CT molecular complexity index is 750. The fraction of sp³-hybridized carbons (Fsp3) is 0.435. The van der Waals surface area contributed by atoms with Crippen LogP contribution in [0.5, 0.6) is 5.75 Å². The molecule has 2 atom stereocenters. The molecule has 1 amide bonds. The Morgan fingerprint density at radius 2 is 1.62 bits per heavy atom.